The molecule has 2 rings (SSSR count). The summed E-state index contributed by atoms with van der Waals surface area (Å²) in [6, 6.07) is 12.8. The number of amides is 1. The van der Waals surface area contributed by atoms with Gasteiger partial charge < -0.3 is 15.4 Å². The standard InChI is InChI=1S/C18H21N3O5S/c1-26-18(23)14-4-6-15(7-5-14)21-12-17(22)20-11-10-13-2-8-16(9-3-13)27(19,24)25/h2-9,21H,10-12H2,1H3,(H,20,22)(H2,19,24,25). The molecule has 0 fully saturated rings. The zero-order valence-electron chi connectivity index (χ0n) is 14.8. The van der Waals surface area contributed by atoms with Crippen molar-refractivity contribution >= 4 is 27.6 Å². The van der Waals surface area contributed by atoms with Crippen LogP contribution in [0.25, 0.3) is 0 Å². The van der Waals surface area contributed by atoms with E-state index in [0.29, 0.717) is 24.2 Å². The predicted molar refractivity (Wildman–Crippen MR) is 101 cm³/mol. The maximum absolute atomic E-state index is 11.9. The fraction of sp³-hybridized carbons (Fsp3) is 0.222. The van der Waals surface area contributed by atoms with Crippen LogP contribution in [0, 0.1) is 0 Å². The first kappa shape index (κ1) is 20.4. The summed E-state index contributed by atoms with van der Waals surface area (Å²) in [4.78, 5) is 23.3. The van der Waals surface area contributed by atoms with Crippen molar-refractivity contribution in [2.45, 2.75) is 11.3 Å². The van der Waals surface area contributed by atoms with Gasteiger partial charge in [-0.25, -0.2) is 18.4 Å². The van der Waals surface area contributed by atoms with Crippen molar-refractivity contribution in [1.82, 2.24) is 5.32 Å². The molecule has 4 N–H and O–H groups in total. The van der Waals surface area contributed by atoms with E-state index in [0.717, 1.165) is 5.56 Å². The Morgan fingerprint density at radius 2 is 1.67 bits per heavy atom. The lowest BCUT2D eigenvalue weighted by Crippen LogP contribution is -2.31. The molecule has 8 nitrogen and oxygen atoms in total. The number of nitrogens with one attached hydrogen (secondary N) is 2. The molecule has 0 aromatic heterocycles. The van der Waals surface area contributed by atoms with Crippen molar-refractivity contribution in [1.29, 1.82) is 0 Å². The minimum Gasteiger partial charge on any atom is -0.465 e. The fourth-order valence-corrected chi connectivity index (χ4v) is 2.79. The van der Waals surface area contributed by atoms with Gasteiger partial charge in [-0.2, -0.15) is 0 Å². The summed E-state index contributed by atoms with van der Waals surface area (Å²) < 4.78 is 27.0. The molecule has 0 heterocycles. The van der Waals surface area contributed by atoms with Crippen molar-refractivity contribution < 1.29 is 22.7 Å². The lowest BCUT2D eigenvalue weighted by molar-refractivity contribution is -0.119. The molecule has 0 aliphatic heterocycles. The Morgan fingerprint density at radius 1 is 1.04 bits per heavy atom. The lowest BCUT2D eigenvalue weighted by Gasteiger charge is -2.09. The molecule has 0 bridgehead atoms. The van der Waals surface area contributed by atoms with Gasteiger partial charge in [-0.3, -0.25) is 4.79 Å². The van der Waals surface area contributed by atoms with E-state index in [1.54, 1.807) is 36.4 Å². The van der Waals surface area contributed by atoms with Crippen LogP contribution in [0.5, 0.6) is 0 Å². The predicted octanol–water partition coefficient (Wildman–Crippen LogP) is 0.891. The van der Waals surface area contributed by atoms with E-state index in [4.69, 9.17) is 5.14 Å². The molecule has 0 aliphatic carbocycles. The number of anilines is 1. The second-order valence-corrected chi connectivity index (χ2v) is 7.27. The van der Waals surface area contributed by atoms with Crippen molar-refractivity contribution in [3.8, 4) is 0 Å². The van der Waals surface area contributed by atoms with Gasteiger partial charge in [0.05, 0.1) is 24.1 Å². The third kappa shape index (κ3) is 6.39. The summed E-state index contributed by atoms with van der Waals surface area (Å²) in [5, 5.41) is 10.8. The highest BCUT2D eigenvalue weighted by atomic mass is 32.2. The average molecular weight is 391 g/mol. The molecule has 0 saturated carbocycles. The van der Waals surface area contributed by atoms with Crippen molar-refractivity contribution in [2.24, 2.45) is 5.14 Å². The van der Waals surface area contributed by atoms with E-state index >= 15 is 0 Å². The number of rotatable bonds is 8. The number of methoxy groups -OCH3 is 1. The molecule has 0 saturated heterocycles. The van der Waals surface area contributed by atoms with Crippen LogP contribution in [0.2, 0.25) is 0 Å². The van der Waals surface area contributed by atoms with Gasteiger partial charge in [-0.1, -0.05) is 12.1 Å². The van der Waals surface area contributed by atoms with Crippen LogP contribution in [-0.2, 0) is 26.0 Å². The van der Waals surface area contributed by atoms with Crippen LogP contribution in [-0.4, -0.2) is 40.5 Å². The first-order valence-electron chi connectivity index (χ1n) is 8.10. The third-order valence-electron chi connectivity index (χ3n) is 3.75. The van der Waals surface area contributed by atoms with Crippen LogP contribution in [0.15, 0.2) is 53.4 Å². The van der Waals surface area contributed by atoms with Crippen LogP contribution in [0.3, 0.4) is 0 Å². The van der Waals surface area contributed by atoms with Crippen LogP contribution in [0.4, 0.5) is 5.69 Å². The van der Waals surface area contributed by atoms with Gasteiger partial charge >= 0.3 is 5.97 Å². The number of hydrogen-bond acceptors (Lipinski definition) is 6. The van der Waals surface area contributed by atoms with E-state index in [9.17, 15) is 18.0 Å². The van der Waals surface area contributed by atoms with E-state index in [1.165, 1.54) is 19.2 Å². The topological polar surface area (TPSA) is 128 Å². The number of ether oxygens (including phenoxy) is 1. The van der Waals surface area contributed by atoms with E-state index in [1.807, 2.05) is 0 Å². The summed E-state index contributed by atoms with van der Waals surface area (Å²) in [6.45, 7) is 0.498. The van der Waals surface area contributed by atoms with Gasteiger partial charge in [0.15, 0.2) is 0 Å². The van der Waals surface area contributed by atoms with E-state index in [-0.39, 0.29) is 17.3 Å². The zero-order valence-corrected chi connectivity index (χ0v) is 15.6. The minimum atomic E-state index is -3.70. The quantitative estimate of drug-likeness (QED) is 0.574. The minimum absolute atomic E-state index is 0.0534. The maximum atomic E-state index is 11.9. The lowest BCUT2D eigenvalue weighted by atomic mass is 10.1. The Labute approximate surface area is 157 Å². The highest BCUT2D eigenvalue weighted by Gasteiger charge is 2.07. The normalized spacial score (nSPS) is 10.9. The molecule has 0 aliphatic rings. The van der Waals surface area contributed by atoms with Gasteiger partial charge in [-0.05, 0) is 48.4 Å². The molecule has 144 valence electrons. The number of nitrogens with two attached hydrogens (primary N) is 1. The van der Waals surface area contributed by atoms with Gasteiger partial charge in [0, 0.05) is 12.2 Å². The Balaban J connectivity index is 1.74. The molecule has 9 heteroatoms. The molecule has 0 radical (unpaired) electrons. The van der Waals surface area contributed by atoms with Crippen molar-refractivity contribution in [3.63, 3.8) is 0 Å². The van der Waals surface area contributed by atoms with Gasteiger partial charge in [0.1, 0.15) is 0 Å². The number of carbonyl (C=O) groups is 2. The molecular formula is C18H21N3O5S. The number of sulfonamides is 1. The van der Waals surface area contributed by atoms with Crippen LogP contribution >= 0.6 is 0 Å². The smallest absolute Gasteiger partial charge is 0.337 e. The highest BCUT2D eigenvalue weighted by Crippen LogP contribution is 2.10. The summed E-state index contributed by atoms with van der Waals surface area (Å²) in [5.74, 6) is -0.607. The number of hydrogen-bond donors (Lipinski definition) is 3. The Kier molecular flexibility index (Phi) is 6.91. The number of carbonyl (C=O) groups excluding carboxylic acids is 2. The Bertz CT molecular complexity index is 894. The van der Waals surface area contributed by atoms with Gasteiger partial charge in [-0.15, -0.1) is 0 Å². The second-order valence-electron chi connectivity index (χ2n) is 5.71. The zero-order chi connectivity index (χ0) is 19.9. The molecular weight excluding hydrogens is 370 g/mol. The molecule has 0 atom stereocenters. The number of benzene rings is 2. The van der Waals surface area contributed by atoms with E-state index < -0.39 is 16.0 Å². The molecule has 0 unspecified atom stereocenters. The van der Waals surface area contributed by atoms with Crippen LogP contribution < -0.4 is 15.8 Å². The largest absolute Gasteiger partial charge is 0.465 e. The van der Waals surface area contributed by atoms with Crippen molar-refractivity contribution in [3.05, 3.63) is 59.7 Å². The first-order valence-corrected chi connectivity index (χ1v) is 9.65. The van der Waals surface area contributed by atoms with Gasteiger partial charge in [0.25, 0.3) is 0 Å². The van der Waals surface area contributed by atoms with Crippen molar-refractivity contribution in [2.75, 3.05) is 25.5 Å². The monoisotopic (exact) mass is 391 g/mol. The van der Waals surface area contributed by atoms with Crippen LogP contribution in [0.1, 0.15) is 15.9 Å². The average Bonchev–Trinajstić information content (AvgIpc) is 2.66. The van der Waals surface area contributed by atoms with Gasteiger partial charge in [0.2, 0.25) is 15.9 Å². The fourth-order valence-electron chi connectivity index (χ4n) is 2.28. The maximum Gasteiger partial charge on any atom is 0.337 e. The number of esters is 1. The summed E-state index contributed by atoms with van der Waals surface area (Å²) in [6.07, 6.45) is 0.560. The first-order chi connectivity index (χ1) is 12.8. The second kappa shape index (κ2) is 9.15. The van der Waals surface area contributed by atoms with E-state index in [2.05, 4.69) is 15.4 Å². The third-order valence-corrected chi connectivity index (χ3v) is 4.68. The summed E-state index contributed by atoms with van der Waals surface area (Å²) in [5.41, 5.74) is 2.02. The SMILES string of the molecule is COC(=O)c1ccc(NCC(=O)NCCc2ccc(S(N)(=O)=O)cc2)cc1. The summed E-state index contributed by atoms with van der Waals surface area (Å²) >= 11 is 0. The Morgan fingerprint density at radius 3 is 2.22 bits per heavy atom. The summed E-state index contributed by atoms with van der Waals surface area (Å²) in [7, 11) is -2.39. The Hall–Kier alpha value is -2.91. The molecule has 0 spiro atoms. The number of primary sulfonamides is 1. The molecule has 2 aromatic rings. The molecule has 27 heavy (non-hydrogen) atoms. The molecule has 1 amide bonds. The molecule has 2 aromatic carbocycles. The highest BCUT2D eigenvalue weighted by molar-refractivity contribution is 7.89.